The van der Waals surface area contributed by atoms with Gasteiger partial charge in [-0.25, -0.2) is 0 Å². The van der Waals surface area contributed by atoms with Crippen molar-refractivity contribution in [2.45, 2.75) is 12.8 Å². The maximum atomic E-state index is 11.7. The second-order valence-corrected chi connectivity index (χ2v) is 5.49. The molecule has 0 fully saturated rings. The molecule has 0 aliphatic heterocycles. The van der Waals surface area contributed by atoms with Gasteiger partial charge in [-0.15, -0.1) is 0 Å². The van der Waals surface area contributed by atoms with Crippen molar-refractivity contribution in [2.75, 3.05) is 5.32 Å². The molecule has 1 amide bonds. The van der Waals surface area contributed by atoms with E-state index in [0.29, 0.717) is 22.2 Å². The molecule has 0 atom stereocenters. The molecule has 0 bridgehead atoms. The fourth-order valence-corrected chi connectivity index (χ4v) is 2.77. The minimum absolute atomic E-state index is 0.0421. The quantitative estimate of drug-likeness (QED) is 0.876. The van der Waals surface area contributed by atoms with Crippen LogP contribution in [0.1, 0.15) is 12.0 Å². The summed E-state index contributed by atoms with van der Waals surface area (Å²) in [6.45, 7) is 0. The molecular weight excluding hydrogens is 289 g/mol. The number of anilines is 1. The van der Waals surface area contributed by atoms with Crippen LogP contribution in [0, 0.1) is 0 Å². The third-order valence-electron chi connectivity index (χ3n) is 2.37. The Kier molecular flexibility index (Phi) is 4.64. The molecule has 0 aliphatic rings. The molecule has 5 heteroatoms. The summed E-state index contributed by atoms with van der Waals surface area (Å²) in [6.07, 6.45) is 1.19. The van der Waals surface area contributed by atoms with Crippen molar-refractivity contribution in [1.82, 2.24) is 0 Å². The third-order valence-corrected chi connectivity index (χ3v) is 3.54. The maximum Gasteiger partial charge on any atom is 0.224 e. The molecule has 18 heavy (non-hydrogen) atoms. The van der Waals surface area contributed by atoms with Gasteiger partial charge in [0.25, 0.3) is 0 Å². The number of aryl methyl sites for hydroxylation is 1. The molecule has 0 spiro atoms. The molecule has 1 heterocycles. The average Bonchev–Trinajstić information content (AvgIpc) is 2.77. The Labute approximate surface area is 120 Å². The smallest absolute Gasteiger partial charge is 0.224 e. The molecule has 2 aromatic rings. The number of rotatable bonds is 4. The molecule has 2 nitrogen and oxygen atoms in total. The normalized spacial score (nSPS) is 10.3. The lowest BCUT2D eigenvalue weighted by Gasteiger charge is -2.06. The van der Waals surface area contributed by atoms with Crippen LogP contribution < -0.4 is 5.32 Å². The lowest BCUT2D eigenvalue weighted by Crippen LogP contribution is -2.12. The van der Waals surface area contributed by atoms with Gasteiger partial charge in [0.05, 0.1) is 0 Å². The van der Waals surface area contributed by atoms with Gasteiger partial charge in [-0.05, 0) is 47.0 Å². The van der Waals surface area contributed by atoms with Crippen molar-refractivity contribution in [1.29, 1.82) is 0 Å². The zero-order valence-corrected chi connectivity index (χ0v) is 11.8. The first-order chi connectivity index (χ1) is 8.63. The monoisotopic (exact) mass is 299 g/mol. The average molecular weight is 300 g/mol. The third kappa shape index (κ3) is 4.02. The van der Waals surface area contributed by atoms with Crippen LogP contribution in [-0.4, -0.2) is 5.91 Å². The summed E-state index contributed by atoms with van der Waals surface area (Å²) < 4.78 is 0. The van der Waals surface area contributed by atoms with Crippen LogP contribution in [-0.2, 0) is 11.2 Å². The van der Waals surface area contributed by atoms with Gasteiger partial charge in [0.15, 0.2) is 0 Å². The van der Waals surface area contributed by atoms with E-state index in [1.807, 2.05) is 16.8 Å². The second kappa shape index (κ2) is 6.23. The van der Waals surface area contributed by atoms with Crippen LogP contribution in [0.5, 0.6) is 0 Å². The van der Waals surface area contributed by atoms with Crippen LogP contribution >= 0.6 is 34.5 Å². The van der Waals surface area contributed by atoms with Crippen molar-refractivity contribution < 1.29 is 4.79 Å². The summed E-state index contributed by atoms with van der Waals surface area (Å²) >= 11 is 13.3. The molecule has 1 N–H and O–H groups in total. The molecule has 2 rings (SSSR count). The molecule has 94 valence electrons. The first kappa shape index (κ1) is 13.4. The van der Waals surface area contributed by atoms with Crippen LogP contribution in [0.25, 0.3) is 0 Å². The SMILES string of the molecule is O=C(CCc1ccsc1)Nc1cc(Cl)cc(Cl)c1. The zero-order chi connectivity index (χ0) is 13.0. The number of nitrogens with one attached hydrogen (secondary N) is 1. The van der Waals surface area contributed by atoms with Crippen molar-refractivity contribution in [2.24, 2.45) is 0 Å². The number of carbonyl (C=O) groups excluding carboxylic acids is 1. The van der Waals surface area contributed by atoms with E-state index < -0.39 is 0 Å². The minimum atomic E-state index is -0.0421. The van der Waals surface area contributed by atoms with Gasteiger partial charge in [0.1, 0.15) is 0 Å². The Hall–Kier alpha value is -1.03. The number of benzene rings is 1. The van der Waals surface area contributed by atoms with Gasteiger partial charge in [0, 0.05) is 22.2 Å². The molecular formula is C13H11Cl2NOS. The lowest BCUT2D eigenvalue weighted by molar-refractivity contribution is -0.116. The predicted octanol–water partition coefficient (Wildman–Crippen LogP) is 4.63. The van der Waals surface area contributed by atoms with Crippen LogP contribution in [0.15, 0.2) is 35.0 Å². The molecule has 0 radical (unpaired) electrons. The highest BCUT2D eigenvalue weighted by molar-refractivity contribution is 7.07. The van der Waals surface area contributed by atoms with Gasteiger partial charge in [-0.3, -0.25) is 4.79 Å². The van der Waals surface area contributed by atoms with Crippen LogP contribution in [0.2, 0.25) is 10.0 Å². The van der Waals surface area contributed by atoms with E-state index in [-0.39, 0.29) is 5.91 Å². The van der Waals surface area contributed by atoms with Crippen molar-refractivity contribution >= 4 is 46.1 Å². The Bertz CT molecular complexity index is 520. The summed E-state index contributed by atoms with van der Waals surface area (Å²) in [4.78, 5) is 11.7. The summed E-state index contributed by atoms with van der Waals surface area (Å²) in [5, 5.41) is 7.85. The first-order valence-electron chi connectivity index (χ1n) is 5.40. The van der Waals surface area contributed by atoms with E-state index in [0.717, 1.165) is 6.42 Å². The number of thiophene rings is 1. The van der Waals surface area contributed by atoms with E-state index in [1.165, 1.54) is 5.56 Å². The largest absolute Gasteiger partial charge is 0.326 e. The number of amides is 1. The minimum Gasteiger partial charge on any atom is -0.326 e. The van der Waals surface area contributed by atoms with Crippen LogP contribution in [0.4, 0.5) is 5.69 Å². The highest BCUT2D eigenvalue weighted by Gasteiger charge is 2.05. The van der Waals surface area contributed by atoms with E-state index in [1.54, 1.807) is 29.5 Å². The lowest BCUT2D eigenvalue weighted by atomic mass is 10.2. The Morgan fingerprint density at radius 2 is 1.94 bits per heavy atom. The number of hydrogen-bond acceptors (Lipinski definition) is 2. The molecule has 1 aromatic carbocycles. The Morgan fingerprint density at radius 3 is 2.56 bits per heavy atom. The number of halogens is 2. The van der Waals surface area contributed by atoms with Crippen LogP contribution in [0.3, 0.4) is 0 Å². The Morgan fingerprint density at radius 1 is 1.22 bits per heavy atom. The number of carbonyl (C=O) groups is 1. The molecule has 0 saturated heterocycles. The molecule has 0 saturated carbocycles. The van der Waals surface area contributed by atoms with Gasteiger partial charge in [-0.2, -0.15) is 11.3 Å². The fraction of sp³-hybridized carbons (Fsp3) is 0.154. The number of hydrogen-bond donors (Lipinski definition) is 1. The van der Waals surface area contributed by atoms with Crippen molar-refractivity contribution in [3.63, 3.8) is 0 Å². The van der Waals surface area contributed by atoms with E-state index >= 15 is 0 Å². The van der Waals surface area contributed by atoms with Gasteiger partial charge < -0.3 is 5.32 Å². The van der Waals surface area contributed by atoms with Gasteiger partial charge in [0.2, 0.25) is 5.91 Å². The Balaban J connectivity index is 1.90. The standard InChI is InChI=1S/C13H11Cl2NOS/c14-10-5-11(15)7-12(6-10)16-13(17)2-1-9-3-4-18-8-9/h3-8H,1-2H2,(H,16,17). The van der Waals surface area contributed by atoms with Crippen molar-refractivity contribution in [3.05, 3.63) is 50.6 Å². The first-order valence-corrected chi connectivity index (χ1v) is 7.10. The van der Waals surface area contributed by atoms with Gasteiger partial charge >= 0.3 is 0 Å². The summed E-state index contributed by atoms with van der Waals surface area (Å²) in [6, 6.07) is 7.00. The zero-order valence-electron chi connectivity index (χ0n) is 9.45. The fourth-order valence-electron chi connectivity index (χ4n) is 1.54. The second-order valence-electron chi connectivity index (χ2n) is 3.84. The highest BCUT2D eigenvalue weighted by Crippen LogP contribution is 2.22. The highest BCUT2D eigenvalue weighted by atomic mass is 35.5. The van der Waals surface area contributed by atoms with E-state index in [2.05, 4.69) is 5.32 Å². The van der Waals surface area contributed by atoms with E-state index in [9.17, 15) is 4.79 Å². The topological polar surface area (TPSA) is 29.1 Å². The summed E-state index contributed by atoms with van der Waals surface area (Å²) in [5.41, 5.74) is 1.81. The van der Waals surface area contributed by atoms with E-state index in [4.69, 9.17) is 23.2 Å². The molecule has 1 aromatic heterocycles. The summed E-state index contributed by atoms with van der Waals surface area (Å²) in [7, 11) is 0. The molecule has 0 aliphatic carbocycles. The van der Waals surface area contributed by atoms with Crippen molar-refractivity contribution in [3.8, 4) is 0 Å². The maximum absolute atomic E-state index is 11.7. The van der Waals surface area contributed by atoms with Gasteiger partial charge in [-0.1, -0.05) is 23.2 Å². The molecule has 0 unspecified atom stereocenters. The predicted molar refractivity (Wildman–Crippen MR) is 77.7 cm³/mol. The summed E-state index contributed by atoms with van der Waals surface area (Å²) in [5.74, 6) is -0.0421.